The first-order valence-corrected chi connectivity index (χ1v) is 10.1. The van der Waals surface area contributed by atoms with Crippen molar-refractivity contribution in [3.05, 3.63) is 42.2 Å². The van der Waals surface area contributed by atoms with Crippen molar-refractivity contribution in [3.63, 3.8) is 0 Å². The van der Waals surface area contributed by atoms with Crippen molar-refractivity contribution < 1.29 is 39.9 Å². The largest absolute Gasteiger partial charge is 0.471 e. The first kappa shape index (κ1) is 28.5. The number of halogens is 8. The van der Waals surface area contributed by atoms with E-state index in [4.69, 9.17) is 5.73 Å². The highest BCUT2D eigenvalue weighted by Gasteiger charge is 2.57. The number of nitrogens with zero attached hydrogens (tertiary/aromatic N) is 5. The molecule has 196 valence electrons. The van der Waals surface area contributed by atoms with Gasteiger partial charge in [-0.2, -0.15) is 40.2 Å². The minimum atomic E-state index is -5.74. The highest BCUT2D eigenvalue weighted by Crippen LogP contribution is 2.37. The molecule has 2 aromatic heterocycles. The van der Waals surface area contributed by atoms with Crippen molar-refractivity contribution in [1.29, 1.82) is 0 Å². The molecule has 3 aromatic rings. The maximum Gasteiger partial charge on any atom is 0.471 e. The Morgan fingerprint density at radius 1 is 1.08 bits per heavy atom. The number of aliphatic imine (C=N–C) groups is 1. The summed E-state index contributed by atoms with van der Waals surface area (Å²) in [6.45, 7) is 2.28. The van der Waals surface area contributed by atoms with Crippen LogP contribution in [0.25, 0.3) is 10.9 Å². The van der Waals surface area contributed by atoms with Gasteiger partial charge in [0.25, 0.3) is 0 Å². The Morgan fingerprint density at radius 2 is 1.72 bits per heavy atom. The van der Waals surface area contributed by atoms with E-state index in [1.807, 2.05) is 13.8 Å². The van der Waals surface area contributed by atoms with Gasteiger partial charge in [-0.25, -0.2) is 9.98 Å². The van der Waals surface area contributed by atoms with Crippen molar-refractivity contribution >= 4 is 40.2 Å². The Morgan fingerprint density at radius 3 is 2.28 bits per heavy atom. The summed E-state index contributed by atoms with van der Waals surface area (Å²) in [6, 6.07) is 4.93. The molecule has 7 nitrogen and oxygen atoms in total. The molecule has 0 bridgehead atoms. The van der Waals surface area contributed by atoms with E-state index >= 15 is 0 Å². The van der Waals surface area contributed by atoms with Gasteiger partial charge in [-0.3, -0.25) is 9.48 Å². The Balaban J connectivity index is 0.00000222. The Labute approximate surface area is 199 Å². The minimum Gasteiger partial charge on any atom is -0.398 e. The molecule has 2 N–H and O–H groups in total. The normalized spacial score (nSPS) is 12.5. The third kappa shape index (κ3) is 6.26. The quantitative estimate of drug-likeness (QED) is 0.271. The van der Waals surface area contributed by atoms with E-state index in [1.54, 1.807) is 0 Å². The number of alkyl halides is 8. The number of anilines is 2. The second kappa shape index (κ2) is 10.5. The molecule has 0 aliphatic rings. The molecule has 1 aromatic carbocycles. The van der Waals surface area contributed by atoms with Crippen LogP contribution in [0.2, 0.25) is 0 Å². The number of benzene rings is 1. The zero-order valence-corrected chi connectivity index (χ0v) is 19.0. The van der Waals surface area contributed by atoms with E-state index < -0.39 is 30.7 Å². The van der Waals surface area contributed by atoms with Crippen LogP contribution in [-0.2, 0) is 11.3 Å². The van der Waals surface area contributed by atoms with Crippen LogP contribution in [0.4, 0.5) is 52.3 Å². The number of fused-ring (bicyclic) bond motifs is 1. The lowest BCUT2D eigenvalue weighted by Gasteiger charge is -2.19. The van der Waals surface area contributed by atoms with Crippen LogP contribution in [0.5, 0.6) is 0 Å². The number of carbonyl (C=O) groups excluding carboxylic acids is 1. The minimum absolute atomic E-state index is 0.00801. The number of carbonyl (C=O) groups is 1. The smallest absolute Gasteiger partial charge is 0.398 e. The van der Waals surface area contributed by atoms with E-state index in [0.717, 1.165) is 25.5 Å². The predicted octanol–water partition coefficient (Wildman–Crippen LogP) is 5.51. The maximum absolute atomic E-state index is 13.3. The van der Waals surface area contributed by atoms with Crippen LogP contribution in [0, 0.1) is 0 Å². The van der Waals surface area contributed by atoms with Gasteiger partial charge in [-0.1, -0.05) is 13.8 Å². The van der Waals surface area contributed by atoms with Crippen LogP contribution in [0.3, 0.4) is 0 Å². The van der Waals surface area contributed by atoms with Crippen molar-refractivity contribution in [2.45, 2.75) is 38.7 Å². The second-order valence-corrected chi connectivity index (χ2v) is 7.04. The van der Waals surface area contributed by atoms with Crippen molar-refractivity contribution in [2.75, 3.05) is 17.7 Å². The highest BCUT2D eigenvalue weighted by molar-refractivity contribution is 5.98. The molecule has 36 heavy (non-hydrogen) atoms. The second-order valence-electron chi connectivity index (χ2n) is 7.04. The molecular weight excluding hydrogens is 504 g/mol. The van der Waals surface area contributed by atoms with Gasteiger partial charge in [0.05, 0.1) is 17.9 Å². The first-order valence-electron chi connectivity index (χ1n) is 10.1. The molecule has 0 saturated heterocycles. The molecule has 0 radical (unpaired) electrons. The van der Waals surface area contributed by atoms with Crippen LogP contribution in [0.15, 0.2) is 41.7 Å². The number of hydrogen-bond acceptors (Lipinski definition) is 5. The molecular formula is C21H20F8N6O. The number of amides is 1. The van der Waals surface area contributed by atoms with E-state index in [-0.39, 0.29) is 33.7 Å². The average Bonchev–Trinajstić information content (AvgIpc) is 3.18. The van der Waals surface area contributed by atoms with Crippen LogP contribution in [-0.4, -0.2) is 52.2 Å². The number of pyridine rings is 1. The molecule has 3 rings (SSSR count). The molecule has 1 amide bonds. The molecule has 2 heterocycles. The Bertz CT molecular complexity index is 1250. The fourth-order valence-electron chi connectivity index (χ4n) is 2.77. The number of aromatic nitrogens is 3. The van der Waals surface area contributed by atoms with Gasteiger partial charge in [0.1, 0.15) is 6.54 Å². The molecule has 0 saturated carbocycles. The van der Waals surface area contributed by atoms with Gasteiger partial charge >= 0.3 is 24.2 Å². The van der Waals surface area contributed by atoms with E-state index in [1.165, 1.54) is 24.4 Å². The molecule has 0 aliphatic heterocycles. The third-order valence-electron chi connectivity index (χ3n) is 4.62. The van der Waals surface area contributed by atoms with Crippen LogP contribution >= 0.6 is 0 Å². The zero-order chi connectivity index (χ0) is 27.5. The van der Waals surface area contributed by atoms with Gasteiger partial charge in [-0.05, 0) is 24.3 Å². The average molecular weight is 524 g/mol. The summed E-state index contributed by atoms with van der Waals surface area (Å²) < 4.78 is 102. The first-order chi connectivity index (χ1) is 16.6. The summed E-state index contributed by atoms with van der Waals surface area (Å²) in [5.41, 5.74) is 5.88. The van der Waals surface area contributed by atoms with Gasteiger partial charge in [0, 0.05) is 35.6 Å². The third-order valence-corrected chi connectivity index (χ3v) is 4.62. The van der Waals surface area contributed by atoms with Gasteiger partial charge in [-0.15, -0.1) is 0 Å². The topological polar surface area (TPSA) is 89.4 Å². The van der Waals surface area contributed by atoms with E-state index in [9.17, 15) is 39.9 Å². The lowest BCUT2D eigenvalue weighted by atomic mass is 10.1. The fourth-order valence-corrected chi connectivity index (χ4v) is 2.77. The van der Waals surface area contributed by atoms with Crippen molar-refractivity contribution in [1.82, 2.24) is 14.8 Å². The number of nitrogens with two attached hydrogens (primary N) is 1. The monoisotopic (exact) mass is 524 g/mol. The molecule has 0 fully saturated rings. The van der Waals surface area contributed by atoms with Gasteiger partial charge < -0.3 is 10.6 Å². The summed E-state index contributed by atoms with van der Waals surface area (Å²) in [4.78, 5) is 19.6. The SMILES string of the molecule is CC.CN(C(=O)C(F)(F)F)c1ccc(C=Nc2cc3cnn(CC(F)(F)C(F)(F)F)c3cn2)c(N)c1. The standard InChI is InChI=1S/C19H14F8N6O.C2H6/c1-32(16(34)18(22,23)24)12-3-2-10(13(28)5-12)6-29-15-4-11-7-31-33(14(11)8-30-15)9-17(20,21)19(25,26)27;1-2/h2-8H,9,28H2,1H3;1-2H3. The summed E-state index contributed by atoms with van der Waals surface area (Å²) in [7, 11) is 0.933. The van der Waals surface area contributed by atoms with Gasteiger partial charge in [0.2, 0.25) is 0 Å². The summed E-state index contributed by atoms with van der Waals surface area (Å²) in [5, 5.41) is 3.73. The lowest BCUT2D eigenvalue weighted by Crippen LogP contribution is -2.40. The summed E-state index contributed by atoms with van der Waals surface area (Å²) in [5.74, 6) is -7.05. The molecule has 0 unspecified atom stereocenters. The Kier molecular flexibility index (Phi) is 8.26. The highest BCUT2D eigenvalue weighted by atomic mass is 19.4. The summed E-state index contributed by atoms with van der Waals surface area (Å²) >= 11 is 0. The molecule has 0 aliphatic carbocycles. The molecule has 15 heteroatoms. The van der Waals surface area contributed by atoms with Crippen molar-refractivity contribution in [2.24, 2.45) is 4.99 Å². The van der Waals surface area contributed by atoms with Gasteiger partial charge in [0.15, 0.2) is 5.82 Å². The van der Waals surface area contributed by atoms with E-state index in [2.05, 4.69) is 15.1 Å². The number of hydrogen-bond donors (Lipinski definition) is 1. The zero-order valence-electron chi connectivity index (χ0n) is 19.0. The Hall–Kier alpha value is -3.78. The van der Waals surface area contributed by atoms with Crippen molar-refractivity contribution in [3.8, 4) is 0 Å². The summed E-state index contributed by atoms with van der Waals surface area (Å²) in [6.07, 6.45) is -7.51. The predicted molar refractivity (Wildman–Crippen MR) is 117 cm³/mol. The lowest BCUT2D eigenvalue weighted by molar-refractivity contribution is -0.287. The number of nitrogen functional groups attached to an aromatic ring is 1. The maximum atomic E-state index is 13.3. The fraction of sp³-hybridized carbons (Fsp3) is 0.333. The van der Waals surface area contributed by atoms with E-state index in [0.29, 0.717) is 9.58 Å². The number of rotatable bonds is 5. The van der Waals surface area contributed by atoms with Crippen LogP contribution < -0.4 is 10.6 Å². The molecule has 0 atom stereocenters. The molecule has 0 spiro atoms. The van der Waals surface area contributed by atoms with Crippen LogP contribution in [0.1, 0.15) is 19.4 Å².